The van der Waals surface area contributed by atoms with Crippen LogP contribution in [0.2, 0.25) is 10.0 Å². The topological polar surface area (TPSA) is 21.3 Å². The Hall–Kier alpha value is -0.440. The monoisotopic (exact) mass is 233 g/mol. The van der Waals surface area contributed by atoms with Crippen molar-refractivity contribution < 1.29 is 4.74 Å². The minimum Gasteiger partial charge on any atom is -0.385 e. The molecule has 0 saturated carbocycles. The van der Waals surface area contributed by atoms with Crippen molar-refractivity contribution in [1.82, 2.24) is 0 Å². The number of rotatable bonds is 5. The van der Waals surface area contributed by atoms with Crippen molar-refractivity contribution in [1.29, 1.82) is 0 Å². The van der Waals surface area contributed by atoms with E-state index in [1.807, 2.05) is 12.1 Å². The molecule has 0 unspecified atom stereocenters. The SMILES string of the molecule is COCCCNc1cc(Cl)cc(Cl)c1. The van der Waals surface area contributed by atoms with Gasteiger partial charge in [-0.1, -0.05) is 23.2 Å². The third-order valence-corrected chi connectivity index (χ3v) is 2.15. The largest absolute Gasteiger partial charge is 0.385 e. The Bertz CT molecular complexity index is 271. The van der Waals surface area contributed by atoms with E-state index in [0.717, 1.165) is 25.3 Å². The molecule has 1 aromatic rings. The van der Waals surface area contributed by atoms with Gasteiger partial charge in [0.05, 0.1) is 0 Å². The standard InChI is InChI=1S/C10H13Cl2NO/c1-14-4-2-3-13-10-6-8(11)5-9(12)7-10/h5-7,13H,2-4H2,1H3. The lowest BCUT2D eigenvalue weighted by Crippen LogP contribution is -2.04. The lowest BCUT2D eigenvalue weighted by Gasteiger charge is -2.06. The van der Waals surface area contributed by atoms with Gasteiger partial charge in [-0.25, -0.2) is 0 Å². The molecule has 1 aromatic carbocycles. The van der Waals surface area contributed by atoms with Gasteiger partial charge >= 0.3 is 0 Å². The highest BCUT2D eigenvalue weighted by molar-refractivity contribution is 6.35. The number of anilines is 1. The van der Waals surface area contributed by atoms with Crippen molar-refractivity contribution in [2.45, 2.75) is 6.42 Å². The fraction of sp³-hybridized carbons (Fsp3) is 0.400. The highest BCUT2D eigenvalue weighted by atomic mass is 35.5. The van der Waals surface area contributed by atoms with E-state index in [9.17, 15) is 0 Å². The van der Waals surface area contributed by atoms with Crippen LogP contribution in [0.4, 0.5) is 5.69 Å². The van der Waals surface area contributed by atoms with E-state index in [0.29, 0.717) is 10.0 Å². The van der Waals surface area contributed by atoms with Crippen molar-refractivity contribution in [3.63, 3.8) is 0 Å². The maximum atomic E-state index is 5.84. The molecule has 0 heterocycles. The summed E-state index contributed by atoms with van der Waals surface area (Å²) in [7, 11) is 1.69. The second kappa shape index (κ2) is 6.12. The predicted molar refractivity (Wildman–Crippen MR) is 61.4 cm³/mol. The van der Waals surface area contributed by atoms with Gasteiger partial charge in [-0.05, 0) is 24.6 Å². The number of hydrogen-bond donors (Lipinski definition) is 1. The van der Waals surface area contributed by atoms with Gasteiger partial charge in [0.15, 0.2) is 0 Å². The van der Waals surface area contributed by atoms with Crippen LogP contribution in [0.5, 0.6) is 0 Å². The van der Waals surface area contributed by atoms with Gasteiger partial charge in [0.1, 0.15) is 0 Å². The molecule has 0 radical (unpaired) electrons. The molecule has 4 heteroatoms. The van der Waals surface area contributed by atoms with Crippen molar-refractivity contribution in [3.8, 4) is 0 Å². The lowest BCUT2D eigenvalue weighted by atomic mass is 10.3. The molecule has 1 rings (SSSR count). The highest BCUT2D eigenvalue weighted by Gasteiger charge is 1.96. The average Bonchev–Trinajstić information content (AvgIpc) is 2.11. The third kappa shape index (κ3) is 4.18. The molecule has 0 aliphatic rings. The van der Waals surface area contributed by atoms with Crippen LogP contribution in [0.3, 0.4) is 0 Å². The number of hydrogen-bond acceptors (Lipinski definition) is 2. The molecule has 0 saturated heterocycles. The van der Waals surface area contributed by atoms with Crippen LogP contribution < -0.4 is 5.32 Å². The number of methoxy groups -OCH3 is 1. The Balaban J connectivity index is 2.42. The molecular weight excluding hydrogens is 221 g/mol. The first-order valence-electron chi connectivity index (χ1n) is 4.41. The van der Waals surface area contributed by atoms with Crippen LogP contribution in [0.1, 0.15) is 6.42 Å². The van der Waals surface area contributed by atoms with E-state index in [4.69, 9.17) is 27.9 Å². The van der Waals surface area contributed by atoms with Crippen LogP contribution in [0.15, 0.2) is 18.2 Å². The number of benzene rings is 1. The zero-order chi connectivity index (χ0) is 10.4. The molecule has 0 aromatic heterocycles. The Morgan fingerprint density at radius 2 is 1.86 bits per heavy atom. The molecule has 1 N–H and O–H groups in total. The Morgan fingerprint density at radius 1 is 1.21 bits per heavy atom. The maximum absolute atomic E-state index is 5.84. The first-order chi connectivity index (χ1) is 6.72. The summed E-state index contributed by atoms with van der Waals surface area (Å²) in [6, 6.07) is 5.41. The molecule has 0 aliphatic carbocycles. The average molecular weight is 234 g/mol. The first kappa shape index (κ1) is 11.6. The summed E-state index contributed by atoms with van der Waals surface area (Å²) in [5.74, 6) is 0. The predicted octanol–water partition coefficient (Wildman–Crippen LogP) is 3.44. The first-order valence-corrected chi connectivity index (χ1v) is 5.17. The van der Waals surface area contributed by atoms with Crippen molar-refractivity contribution in [2.75, 3.05) is 25.6 Å². The van der Waals surface area contributed by atoms with Crippen LogP contribution in [-0.4, -0.2) is 20.3 Å². The van der Waals surface area contributed by atoms with E-state index in [1.54, 1.807) is 13.2 Å². The summed E-state index contributed by atoms with van der Waals surface area (Å²) < 4.78 is 4.94. The Labute approximate surface area is 94.2 Å². The molecule has 0 bridgehead atoms. The maximum Gasteiger partial charge on any atom is 0.0479 e. The van der Waals surface area contributed by atoms with Gasteiger partial charge in [-0.2, -0.15) is 0 Å². The van der Waals surface area contributed by atoms with Crippen LogP contribution in [0.25, 0.3) is 0 Å². The van der Waals surface area contributed by atoms with Crippen LogP contribution in [-0.2, 0) is 4.74 Å². The molecule has 0 spiro atoms. The quantitative estimate of drug-likeness (QED) is 0.788. The molecule has 0 amide bonds. The lowest BCUT2D eigenvalue weighted by molar-refractivity contribution is 0.198. The molecule has 0 atom stereocenters. The van der Waals surface area contributed by atoms with Crippen molar-refractivity contribution in [2.24, 2.45) is 0 Å². The summed E-state index contributed by atoms with van der Waals surface area (Å²) in [6.45, 7) is 1.60. The normalized spacial score (nSPS) is 10.2. The molecule has 0 fully saturated rings. The third-order valence-electron chi connectivity index (χ3n) is 1.72. The van der Waals surface area contributed by atoms with Crippen LogP contribution in [0, 0.1) is 0 Å². The van der Waals surface area contributed by atoms with Gasteiger partial charge < -0.3 is 10.1 Å². The summed E-state index contributed by atoms with van der Waals surface area (Å²) >= 11 is 11.7. The fourth-order valence-corrected chi connectivity index (χ4v) is 1.63. The van der Waals surface area contributed by atoms with E-state index >= 15 is 0 Å². The minimum absolute atomic E-state index is 0.645. The summed E-state index contributed by atoms with van der Waals surface area (Å²) in [5, 5.41) is 4.50. The summed E-state index contributed by atoms with van der Waals surface area (Å²) in [6.07, 6.45) is 0.959. The Morgan fingerprint density at radius 3 is 2.43 bits per heavy atom. The van der Waals surface area contributed by atoms with Gasteiger partial charge in [-0.15, -0.1) is 0 Å². The van der Waals surface area contributed by atoms with Gasteiger partial charge in [0.2, 0.25) is 0 Å². The second-order valence-corrected chi connectivity index (χ2v) is 3.80. The van der Waals surface area contributed by atoms with Crippen LogP contribution >= 0.6 is 23.2 Å². The zero-order valence-electron chi connectivity index (χ0n) is 8.02. The van der Waals surface area contributed by atoms with E-state index in [-0.39, 0.29) is 0 Å². The zero-order valence-corrected chi connectivity index (χ0v) is 9.53. The van der Waals surface area contributed by atoms with E-state index in [1.165, 1.54) is 0 Å². The van der Waals surface area contributed by atoms with Crippen molar-refractivity contribution in [3.05, 3.63) is 28.2 Å². The molecule has 78 valence electrons. The fourth-order valence-electron chi connectivity index (χ4n) is 1.11. The minimum atomic E-state index is 0.645. The van der Waals surface area contributed by atoms with Gasteiger partial charge in [0, 0.05) is 36.0 Å². The van der Waals surface area contributed by atoms with E-state index < -0.39 is 0 Å². The van der Waals surface area contributed by atoms with E-state index in [2.05, 4.69) is 5.32 Å². The second-order valence-electron chi connectivity index (χ2n) is 2.93. The molecular formula is C10H13Cl2NO. The summed E-state index contributed by atoms with van der Waals surface area (Å²) in [5.41, 5.74) is 0.943. The number of halogens is 2. The Kier molecular flexibility index (Phi) is 5.09. The molecule has 14 heavy (non-hydrogen) atoms. The number of ether oxygens (including phenoxy) is 1. The highest BCUT2D eigenvalue weighted by Crippen LogP contribution is 2.22. The molecule has 0 aliphatic heterocycles. The summed E-state index contributed by atoms with van der Waals surface area (Å²) in [4.78, 5) is 0. The van der Waals surface area contributed by atoms with Gasteiger partial charge in [0.25, 0.3) is 0 Å². The van der Waals surface area contributed by atoms with Gasteiger partial charge in [-0.3, -0.25) is 0 Å². The number of nitrogens with one attached hydrogen (secondary N) is 1. The smallest absolute Gasteiger partial charge is 0.0479 e. The molecule has 2 nitrogen and oxygen atoms in total. The van der Waals surface area contributed by atoms with Crippen molar-refractivity contribution >= 4 is 28.9 Å².